The average molecular weight is 274 g/mol. The number of nitrogens with zero attached hydrogens (tertiary/aromatic N) is 1. The maximum atomic E-state index is 12.3. The van der Waals surface area contributed by atoms with E-state index < -0.39 is 6.10 Å². The molecule has 0 radical (unpaired) electrons. The normalized spacial score (nSPS) is 17.1. The molecule has 0 saturated heterocycles. The van der Waals surface area contributed by atoms with E-state index in [4.69, 9.17) is 4.74 Å². The van der Waals surface area contributed by atoms with Crippen LogP contribution in [0.1, 0.15) is 13.3 Å². The smallest absolute Gasteiger partial charge is 0.268 e. The monoisotopic (exact) mass is 274 g/mol. The summed E-state index contributed by atoms with van der Waals surface area (Å²) in [5.74, 6) is 0.236. The van der Waals surface area contributed by atoms with E-state index in [0.29, 0.717) is 24.4 Å². The summed E-state index contributed by atoms with van der Waals surface area (Å²) in [6, 6.07) is 7.24. The fraction of sp³-hybridized carbons (Fsp3) is 0.333. The summed E-state index contributed by atoms with van der Waals surface area (Å²) in [5.41, 5.74) is 0.635. The molecule has 0 aliphatic carbocycles. The van der Waals surface area contributed by atoms with Crippen molar-refractivity contribution in [1.82, 2.24) is 5.32 Å². The summed E-state index contributed by atoms with van der Waals surface area (Å²) in [6.45, 7) is 5.80. The van der Waals surface area contributed by atoms with Gasteiger partial charge in [-0.15, -0.1) is 6.58 Å². The Balaban J connectivity index is 2.22. The Morgan fingerprint density at radius 2 is 2.25 bits per heavy atom. The maximum absolute atomic E-state index is 12.3. The number of hydrogen-bond donors (Lipinski definition) is 1. The van der Waals surface area contributed by atoms with Crippen molar-refractivity contribution in [1.29, 1.82) is 0 Å². The van der Waals surface area contributed by atoms with Crippen molar-refractivity contribution in [2.24, 2.45) is 0 Å². The molecule has 20 heavy (non-hydrogen) atoms. The lowest BCUT2D eigenvalue weighted by molar-refractivity contribution is -0.128. The van der Waals surface area contributed by atoms with Crippen LogP contribution < -0.4 is 15.0 Å². The lowest BCUT2D eigenvalue weighted by Crippen LogP contribution is -2.49. The van der Waals surface area contributed by atoms with Gasteiger partial charge in [0.15, 0.2) is 6.10 Å². The zero-order chi connectivity index (χ0) is 14.5. The van der Waals surface area contributed by atoms with Crippen molar-refractivity contribution < 1.29 is 14.3 Å². The minimum Gasteiger partial charge on any atom is -0.478 e. The largest absolute Gasteiger partial charge is 0.478 e. The average Bonchev–Trinajstić information content (AvgIpc) is 2.47. The van der Waals surface area contributed by atoms with Crippen LogP contribution in [0.5, 0.6) is 5.75 Å². The second kappa shape index (κ2) is 6.23. The molecule has 0 spiro atoms. The van der Waals surface area contributed by atoms with Crippen molar-refractivity contribution in [3.63, 3.8) is 0 Å². The van der Waals surface area contributed by atoms with Gasteiger partial charge in [-0.05, 0) is 18.6 Å². The first-order valence-corrected chi connectivity index (χ1v) is 6.62. The second-order valence-corrected chi connectivity index (χ2v) is 4.50. The summed E-state index contributed by atoms with van der Waals surface area (Å²) in [6.07, 6.45) is 1.64. The predicted octanol–water partition coefficient (Wildman–Crippen LogP) is 1.49. The zero-order valence-corrected chi connectivity index (χ0v) is 11.5. The van der Waals surface area contributed by atoms with E-state index in [1.165, 1.54) is 4.90 Å². The third-order valence-corrected chi connectivity index (χ3v) is 3.08. The van der Waals surface area contributed by atoms with Gasteiger partial charge in [0.25, 0.3) is 5.91 Å². The number of amides is 2. The number of nitrogens with one attached hydrogen (secondary N) is 1. The molecular formula is C15H18N2O3. The van der Waals surface area contributed by atoms with Crippen LogP contribution >= 0.6 is 0 Å². The van der Waals surface area contributed by atoms with Gasteiger partial charge in [0.1, 0.15) is 12.3 Å². The van der Waals surface area contributed by atoms with Gasteiger partial charge in [0, 0.05) is 6.54 Å². The Kier molecular flexibility index (Phi) is 4.40. The highest BCUT2D eigenvalue weighted by Crippen LogP contribution is 2.34. The Labute approximate surface area is 118 Å². The summed E-state index contributed by atoms with van der Waals surface area (Å²) in [7, 11) is 0. The molecule has 5 heteroatoms. The molecule has 1 aliphatic heterocycles. The minimum absolute atomic E-state index is 0.0104. The summed E-state index contributed by atoms with van der Waals surface area (Å²) >= 11 is 0. The first-order chi connectivity index (χ1) is 9.67. The molecule has 1 heterocycles. The van der Waals surface area contributed by atoms with Gasteiger partial charge in [-0.1, -0.05) is 25.1 Å². The standard InChI is InChI=1S/C15H18N2O3/c1-3-9-16-14(18)10-17-11-7-5-6-8-13(11)20-12(4-2)15(17)19/h3,5-8,12H,1,4,9-10H2,2H3,(H,16,18)/t12-/m1/s1. The highest BCUT2D eigenvalue weighted by Gasteiger charge is 2.33. The lowest BCUT2D eigenvalue weighted by atomic mass is 10.1. The lowest BCUT2D eigenvalue weighted by Gasteiger charge is -2.33. The summed E-state index contributed by atoms with van der Waals surface area (Å²) in [5, 5.41) is 2.67. The number of fused-ring (bicyclic) bond motifs is 1. The number of para-hydroxylation sites is 2. The molecule has 1 aromatic carbocycles. The molecule has 5 nitrogen and oxygen atoms in total. The van der Waals surface area contributed by atoms with Gasteiger partial charge in [0.05, 0.1) is 5.69 Å². The molecule has 1 aliphatic rings. The summed E-state index contributed by atoms with van der Waals surface area (Å²) < 4.78 is 5.65. The number of hydrogen-bond acceptors (Lipinski definition) is 3. The van der Waals surface area contributed by atoms with Crippen LogP contribution in [0.3, 0.4) is 0 Å². The molecule has 1 atom stereocenters. The van der Waals surface area contributed by atoms with E-state index in [-0.39, 0.29) is 18.4 Å². The van der Waals surface area contributed by atoms with Crippen molar-refractivity contribution in [2.75, 3.05) is 18.0 Å². The molecule has 0 aromatic heterocycles. The third-order valence-electron chi connectivity index (χ3n) is 3.08. The molecule has 2 amide bonds. The van der Waals surface area contributed by atoms with E-state index in [2.05, 4.69) is 11.9 Å². The maximum Gasteiger partial charge on any atom is 0.268 e. The van der Waals surface area contributed by atoms with Crippen LogP contribution in [0.4, 0.5) is 5.69 Å². The molecule has 1 aromatic rings. The zero-order valence-electron chi connectivity index (χ0n) is 11.5. The number of carbonyl (C=O) groups excluding carboxylic acids is 2. The Morgan fingerprint density at radius 1 is 1.50 bits per heavy atom. The van der Waals surface area contributed by atoms with Crippen molar-refractivity contribution in [2.45, 2.75) is 19.4 Å². The predicted molar refractivity (Wildman–Crippen MR) is 76.7 cm³/mol. The fourth-order valence-corrected chi connectivity index (χ4v) is 2.08. The van der Waals surface area contributed by atoms with Gasteiger partial charge in [-0.25, -0.2) is 0 Å². The van der Waals surface area contributed by atoms with E-state index in [0.717, 1.165) is 0 Å². The molecule has 0 unspecified atom stereocenters. The van der Waals surface area contributed by atoms with Gasteiger partial charge < -0.3 is 10.1 Å². The number of benzene rings is 1. The SMILES string of the molecule is C=CCNC(=O)CN1C(=O)[C@@H](CC)Oc2ccccc21. The highest BCUT2D eigenvalue weighted by atomic mass is 16.5. The second-order valence-electron chi connectivity index (χ2n) is 4.50. The van der Waals surface area contributed by atoms with Crippen molar-refractivity contribution in [3.8, 4) is 5.75 Å². The number of ether oxygens (including phenoxy) is 1. The van der Waals surface area contributed by atoms with Gasteiger partial charge >= 0.3 is 0 Å². The highest BCUT2D eigenvalue weighted by molar-refractivity contribution is 6.03. The Hall–Kier alpha value is -2.30. The Bertz CT molecular complexity index is 528. The van der Waals surface area contributed by atoms with Crippen LogP contribution in [0.25, 0.3) is 0 Å². The van der Waals surface area contributed by atoms with E-state index in [9.17, 15) is 9.59 Å². The van der Waals surface area contributed by atoms with Crippen LogP contribution in [0.2, 0.25) is 0 Å². The van der Waals surface area contributed by atoms with E-state index in [1.807, 2.05) is 19.1 Å². The van der Waals surface area contributed by atoms with Gasteiger partial charge in [-0.2, -0.15) is 0 Å². The molecule has 0 bridgehead atoms. The Morgan fingerprint density at radius 3 is 2.95 bits per heavy atom. The van der Waals surface area contributed by atoms with E-state index in [1.54, 1.807) is 18.2 Å². The van der Waals surface area contributed by atoms with Crippen molar-refractivity contribution in [3.05, 3.63) is 36.9 Å². The molecule has 0 fully saturated rings. The number of rotatable bonds is 5. The fourth-order valence-electron chi connectivity index (χ4n) is 2.08. The van der Waals surface area contributed by atoms with Crippen molar-refractivity contribution >= 4 is 17.5 Å². The quantitative estimate of drug-likeness (QED) is 0.828. The van der Waals surface area contributed by atoms with E-state index >= 15 is 0 Å². The molecule has 1 N–H and O–H groups in total. The minimum atomic E-state index is -0.530. The molecular weight excluding hydrogens is 256 g/mol. The van der Waals surface area contributed by atoms with Crippen LogP contribution in [0.15, 0.2) is 36.9 Å². The summed E-state index contributed by atoms with van der Waals surface area (Å²) in [4.78, 5) is 25.6. The van der Waals surface area contributed by atoms with Gasteiger partial charge in [-0.3, -0.25) is 14.5 Å². The first-order valence-electron chi connectivity index (χ1n) is 6.62. The van der Waals surface area contributed by atoms with Crippen LogP contribution in [-0.2, 0) is 9.59 Å². The van der Waals surface area contributed by atoms with Crippen LogP contribution in [0, 0.1) is 0 Å². The van der Waals surface area contributed by atoms with Crippen LogP contribution in [-0.4, -0.2) is 31.0 Å². The molecule has 2 rings (SSSR count). The molecule has 106 valence electrons. The third kappa shape index (κ3) is 2.82. The molecule has 0 saturated carbocycles. The number of anilines is 1. The first kappa shape index (κ1) is 14.1. The number of carbonyl (C=O) groups is 2. The topological polar surface area (TPSA) is 58.6 Å². The van der Waals surface area contributed by atoms with Gasteiger partial charge in [0.2, 0.25) is 5.91 Å².